The van der Waals surface area contributed by atoms with Gasteiger partial charge in [-0.25, -0.2) is 4.98 Å². The first-order chi connectivity index (χ1) is 13.5. The maximum atomic E-state index is 12.0. The second-order valence-electron chi connectivity index (χ2n) is 6.08. The molecule has 0 saturated carbocycles. The lowest BCUT2D eigenvalue weighted by Gasteiger charge is -2.06. The second-order valence-corrected chi connectivity index (χ2v) is 6.94. The quantitative estimate of drug-likeness (QED) is 0.618. The number of carbonyl (C=O) groups is 2. The molecule has 0 spiro atoms. The maximum absolute atomic E-state index is 12.0. The van der Waals surface area contributed by atoms with Crippen LogP contribution in [0.1, 0.15) is 21.6 Å². The molecule has 1 heterocycles. The molecule has 0 aliphatic carbocycles. The maximum Gasteiger partial charge on any atom is 0.325 e. The van der Waals surface area contributed by atoms with E-state index >= 15 is 0 Å². The number of nitrogens with zero attached hydrogens (tertiary/aromatic N) is 1. The van der Waals surface area contributed by atoms with Crippen molar-refractivity contribution in [1.29, 1.82) is 0 Å². The molecule has 1 N–H and O–H groups in total. The summed E-state index contributed by atoms with van der Waals surface area (Å²) in [4.78, 5) is 28.4. The Balaban J connectivity index is 1.46. The molecule has 144 valence electrons. The number of benzene rings is 2. The topological polar surface area (TPSA) is 77.5 Å². The van der Waals surface area contributed by atoms with E-state index in [1.807, 2.05) is 36.6 Å². The molecule has 0 atom stereocenters. The minimum absolute atomic E-state index is 0.0690. The van der Waals surface area contributed by atoms with Gasteiger partial charge in [0.1, 0.15) is 23.9 Å². The molecule has 3 rings (SSSR count). The van der Waals surface area contributed by atoms with E-state index in [1.165, 1.54) is 16.9 Å². The number of hydrogen-bond donors (Lipinski definition) is 1. The molecule has 28 heavy (non-hydrogen) atoms. The summed E-state index contributed by atoms with van der Waals surface area (Å²) in [5, 5.41) is 5.27. The molecule has 1 aromatic heterocycles. The number of ether oxygens (including phenoxy) is 2. The lowest BCUT2D eigenvalue weighted by Crippen LogP contribution is -2.30. The van der Waals surface area contributed by atoms with Crippen LogP contribution in [0.4, 0.5) is 0 Å². The first kappa shape index (κ1) is 19.6. The molecule has 6 nitrogen and oxygen atoms in total. The van der Waals surface area contributed by atoms with Gasteiger partial charge in [0, 0.05) is 16.5 Å². The Morgan fingerprint density at radius 1 is 1.07 bits per heavy atom. The van der Waals surface area contributed by atoms with Gasteiger partial charge in [-0.1, -0.05) is 29.8 Å². The Bertz CT molecular complexity index is 949. The zero-order valence-electron chi connectivity index (χ0n) is 15.6. The van der Waals surface area contributed by atoms with Gasteiger partial charge in [-0.2, -0.15) is 0 Å². The van der Waals surface area contributed by atoms with E-state index in [0.29, 0.717) is 17.0 Å². The number of hydrogen-bond acceptors (Lipinski definition) is 6. The average molecular weight is 396 g/mol. The smallest absolute Gasteiger partial charge is 0.325 e. The number of carbonyl (C=O) groups excluding carboxylic acids is 2. The summed E-state index contributed by atoms with van der Waals surface area (Å²) in [6, 6.07) is 14.7. The Labute approximate surface area is 167 Å². The van der Waals surface area contributed by atoms with Crippen molar-refractivity contribution in [3.05, 3.63) is 70.7 Å². The van der Waals surface area contributed by atoms with Crippen LogP contribution < -0.4 is 10.1 Å². The molecule has 3 aromatic rings. The second kappa shape index (κ2) is 9.14. The van der Waals surface area contributed by atoms with Crippen molar-refractivity contribution >= 4 is 23.2 Å². The van der Waals surface area contributed by atoms with Gasteiger partial charge in [0.2, 0.25) is 0 Å². The minimum atomic E-state index is -0.522. The van der Waals surface area contributed by atoms with Crippen molar-refractivity contribution in [2.75, 3.05) is 13.7 Å². The van der Waals surface area contributed by atoms with E-state index in [9.17, 15) is 9.59 Å². The fourth-order valence-electron chi connectivity index (χ4n) is 2.40. The summed E-state index contributed by atoms with van der Waals surface area (Å²) in [6.07, 6.45) is 0. The molecule has 2 aromatic carbocycles. The Hall–Kier alpha value is -3.19. The summed E-state index contributed by atoms with van der Waals surface area (Å²) < 4.78 is 10.2. The first-order valence-electron chi connectivity index (χ1n) is 8.64. The van der Waals surface area contributed by atoms with Crippen LogP contribution in [0.3, 0.4) is 0 Å². The fraction of sp³-hybridized carbons (Fsp3) is 0.190. The van der Waals surface area contributed by atoms with Crippen LogP contribution in [-0.4, -0.2) is 30.5 Å². The van der Waals surface area contributed by atoms with Gasteiger partial charge in [-0.05, 0) is 31.2 Å². The summed E-state index contributed by atoms with van der Waals surface area (Å²) >= 11 is 1.50. The minimum Gasteiger partial charge on any atom is -0.497 e. The molecule has 0 aliphatic heterocycles. The summed E-state index contributed by atoms with van der Waals surface area (Å²) in [5.74, 6) is -0.217. The van der Waals surface area contributed by atoms with Crippen molar-refractivity contribution in [3.8, 4) is 16.3 Å². The SMILES string of the molecule is COc1ccc(C(=O)NCC(=O)OCc2csc(-c3ccc(C)cc3)n2)cc1. The molecule has 0 radical (unpaired) electrons. The molecular weight excluding hydrogens is 376 g/mol. The van der Waals surface area contributed by atoms with Gasteiger partial charge in [0.25, 0.3) is 5.91 Å². The van der Waals surface area contributed by atoms with E-state index in [4.69, 9.17) is 9.47 Å². The molecule has 0 aliphatic rings. The molecular formula is C21H20N2O4S. The summed E-state index contributed by atoms with van der Waals surface area (Å²) in [6.45, 7) is 1.89. The Morgan fingerprint density at radius 2 is 1.79 bits per heavy atom. The number of esters is 1. The van der Waals surface area contributed by atoms with Crippen molar-refractivity contribution in [2.24, 2.45) is 0 Å². The molecule has 7 heteroatoms. The monoisotopic (exact) mass is 396 g/mol. The van der Waals surface area contributed by atoms with Crippen molar-refractivity contribution < 1.29 is 19.1 Å². The van der Waals surface area contributed by atoms with Gasteiger partial charge in [0.15, 0.2) is 0 Å². The summed E-state index contributed by atoms with van der Waals surface area (Å²) in [5.41, 5.74) is 3.33. The summed E-state index contributed by atoms with van der Waals surface area (Å²) in [7, 11) is 1.55. The number of thiazole rings is 1. The van der Waals surface area contributed by atoms with Gasteiger partial charge < -0.3 is 14.8 Å². The number of nitrogens with one attached hydrogen (secondary N) is 1. The third-order valence-electron chi connectivity index (χ3n) is 3.98. The fourth-order valence-corrected chi connectivity index (χ4v) is 3.21. The Morgan fingerprint density at radius 3 is 2.46 bits per heavy atom. The highest BCUT2D eigenvalue weighted by molar-refractivity contribution is 7.13. The number of amides is 1. The predicted molar refractivity (Wildman–Crippen MR) is 107 cm³/mol. The number of aryl methyl sites for hydroxylation is 1. The van der Waals surface area contributed by atoms with Crippen molar-refractivity contribution in [3.63, 3.8) is 0 Å². The molecule has 0 bridgehead atoms. The lowest BCUT2D eigenvalue weighted by molar-refractivity contribution is -0.143. The van der Waals surface area contributed by atoms with Crippen LogP contribution in [0, 0.1) is 6.92 Å². The lowest BCUT2D eigenvalue weighted by atomic mass is 10.2. The van der Waals surface area contributed by atoms with Crippen LogP contribution in [0.25, 0.3) is 10.6 Å². The van der Waals surface area contributed by atoms with E-state index in [0.717, 1.165) is 10.6 Å². The van der Waals surface area contributed by atoms with Crippen LogP contribution >= 0.6 is 11.3 Å². The van der Waals surface area contributed by atoms with Gasteiger partial charge in [-0.3, -0.25) is 9.59 Å². The highest BCUT2D eigenvalue weighted by Crippen LogP contribution is 2.24. The third kappa shape index (κ3) is 5.17. The van der Waals surface area contributed by atoms with Crippen LogP contribution in [0.5, 0.6) is 5.75 Å². The normalized spacial score (nSPS) is 10.4. The van der Waals surface area contributed by atoms with Gasteiger partial charge >= 0.3 is 5.97 Å². The highest BCUT2D eigenvalue weighted by atomic mass is 32.1. The average Bonchev–Trinajstić information content (AvgIpc) is 3.20. The van der Waals surface area contributed by atoms with Crippen LogP contribution in [0.15, 0.2) is 53.9 Å². The molecule has 0 unspecified atom stereocenters. The van der Waals surface area contributed by atoms with Crippen molar-refractivity contribution in [1.82, 2.24) is 10.3 Å². The third-order valence-corrected chi connectivity index (χ3v) is 4.92. The number of rotatable bonds is 7. The standard InChI is InChI=1S/C21H20N2O4S/c1-14-3-5-16(6-4-14)21-23-17(13-28-21)12-27-19(24)11-22-20(25)15-7-9-18(26-2)10-8-15/h3-10,13H,11-12H2,1-2H3,(H,22,25). The molecule has 1 amide bonds. The highest BCUT2D eigenvalue weighted by Gasteiger charge is 2.11. The van der Waals surface area contributed by atoms with Crippen LogP contribution in [-0.2, 0) is 16.1 Å². The van der Waals surface area contributed by atoms with Gasteiger partial charge in [-0.15, -0.1) is 11.3 Å². The number of methoxy groups -OCH3 is 1. The largest absolute Gasteiger partial charge is 0.497 e. The predicted octanol–water partition coefficient (Wildman–Crippen LogP) is 3.60. The zero-order chi connectivity index (χ0) is 19.9. The zero-order valence-corrected chi connectivity index (χ0v) is 16.4. The van der Waals surface area contributed by atoms with Gasteiger partial charge in [0.05, 0.1) is 12.8 Å². The first-order valence-corrected chi connectivity index (χ1v) is 9.52. The number of aromatic nitrogens is 1. The van der Waals surface area contributed by atoms with E-state index in [-0.39, 0.29) is 19.1 Å². The molecule has 0 saturated heterocycles. The van der Waals surface area contributed by atoms with E-state index in [2.05, 4.69) is 10.3 Å². The molecule has 0 fully saturated rings. The van der Waals surface area contributed by atoms with E-state index in [1.54, 1.807) is 31.4 Å². The Kier molecular flexibility index (Phi) is 6.39. The van der Waals surface area contributed by atoms with Crippen LogP contribution in [0.2, 0.25) is 0 Å². The van der Waals surface area contributed by atoms with E-state index < -0.39 is 5.97 Å². The van der Waals surface area contributed by atoms with Crippen molar-refractivity contribution in [2.45, 2.75) is 13.5 Å².